The molecule has 3 N–H and O–H groups in total. The molecule has 2 aromatic rings. The van der Waals surface area contributed by atoms with Gasteiger partial charge in [0.2, 0.25) is 0 Å². The molecule has 0 aliphatic carbocycles. The molecule has 0 aliphatic rings. The maximum absolute atomic E-state index is 13.1. The summed E-state index contributed by atoms with van der Waals surface area (Å²) >= 11 is 4.75. The summed E-state index contributed by atoms with van der Waals surface area (Å²) < 4.78 is 14.0. The van der Waals surface area contributed by atoms with E-state index in [-0.39, 0.29) is 11.7 Å². The third kappa shape index (κ3) is 3.11. The Morgan fingerprint density at radius 3 is 2.67 bits per heavy atom. The Balaban J connectivity index is 2.39. The summed E-state index contributed by atoms with van der Waals surface area (Å²) in [6.45, 7) is 0. The summed E-state index contributed by atoms with van der Waals surface area (Å²) in [6, 6.07) is 11.8. The Kier molecular flexibility index (Phi) is 4.04. The molecule has 0 saturated carbocycles. The van der Waals surface area contributed by atoms with Crippen LogP contribution in [0.15, 0.2) is 56.7 Å². The van der Waals surface area contributed by atoms with Crippen molar-refractivity contribution >= 4 is 33.5 Å². The number of nitrogen functional groups attached to an aromatic ring is 1. The number of nitrogens with two attached hydrogens (primary N) is 1. The van der Waals surface area contributed by atoms with Gasteiger partial charge in [0.15, 0.2) is 0 Å². The first-order chi connectivity index (χ1) is 8.56. The van der Waals surface area contributed by atoms with Gasteiger partial charge < -0.3 is 5.73 Å². The molecule has 0 atom stereocenters. The van der Waals surface area contributed by atoms with E-state index in [2.05, 4.69) is 15.9 Å². The monoisotopic (exact) mass is 324 g/mol. The Labute approximate surface area is 117 Å². The van der Waals surface area contributed by atoms with Gasteiger partial charge in [-0.15, -0.1) is 0 Å². The summed E-state index contributed by atoms with van der Waals surface area (Å²) in [4.78, 5) is 1.60. The van der Waals surface area contributed by atoms with Crippen LogP contribution in [-0.2, 0) is 0 Å². The molecule has 0 bridgehead atoms. The van der Waals surface area contributed by atoms with Gasteiger partial charge in [0, 0.05) is 19.8 Å². The van der Waals surface area contributed by atoms with E-state index in [0.29, 0.717) is 5.56 Å². The lowest BCUT2D eigenvalue weighted by Gasteiger charge is -2.08. The van der Waals surface area contributed by atoms with Gasteiger partial charge in [-0.2, -0.15) is 0 Å². The van der Waals surface area contributed by atoms with Gasteiger partial charge in [0.05, 0.1) is 0 Å². The Morgan fingerprint density at radius 2 is 2.00 bits per heavy atom. The fourth-order valence-electron chi connectivity index (χ4n) is 1.46. The van der Waals surface area contributed by atoms with Gasteiger partial charge in [0.25, 0.3) is 0 Å². The van der Waals surface area contributed by atoms with Crippen LogP contribution in [0.2, 0.25) is 0 Å². The number of halogens is 2. The summed E-state index contributed by atoms with van der Waals surface area (Å²) in [5, 5.41) is 7.53. The highest BCUT2D eigenvalue weighted by atomic mass is 79.9. The van der Waals surface area contributed by atoms with Crippen LogP contribution >= 0.6 is 27.7 Å². The van der Waals surface area contributed by atoms with E-state index in [0.717, 1.165) is 14.3 Å². The number of amidine groups is 1. The second kappa shape index (κ2) is 5.54. The van der Waals surface area contributed by atoms with Crippen LogP contribution in [0.5, 0.6) is 0 Å². The van der Waals surface area contributed by atoms with Gasteiger partial charge in [-0.25, -0.2) is 4.39 Å². The van der Waals surface area contributed by atoms with E-state index < -0.39 is 0 Å². The van der Waals surface area contributed by atoms with Crippen LogP contribution in [0.1, 0.15) is 5.56 Å². The molecule has 0 amide bonds. The SMILES string of the molecule is N=C(N)c1ccc(Br)cc1Sc1cccc(F)c1. The molecule has 0 aromatic heterocycles. The zero-order valence-electron chi connectivity index (χ0n) is 9.28. The average Bonchev–Trinajstić information content (AvgIpc) is 2.28. The summed E-state index contributed by atoms with van der Waals surface area (Å²) in [5.74, 6) is -0.277. The fourth-order valence-corrected chi connectivity index (χ4v) is 3.02. The molecule has 0 aliphatic heterocycles. The quantitative estimate of drug-likeness (QED) is 0.661. The van der Waals surface area contributed by atoms with Gasteiger partial charge in [-0.05, 0) is 36.4 Å². The largest absolute Gasteiger partial charge is 0.384 e. The second-order valence-electron chi connectivity index (χ2n) is 3.61. The zero-order chi connectivity index (χ0) is 13.1. The van der Waals surface area contributed by atoms with Crippen LogP contribution < -0.4 is 5.73 Å². The number of hydrogen-bond acceptors (Lipinski definition) is 2. The predicted octanol–water partition coefficient (Wildman–Crippen LogP) is 4.02. The Hall–Kier alpha value is -1.33. The van der Waals surface area contributed by atoms with Gasteiger partial charge in [0.1, 0.15) is 11.7 Å². The highest BCUT2D eigenvalue weighted by Crippen LogP contribution is 2.32. The lowest BCUT2D eigenvalue weighted by molar-refractivity contribution is 0.624. The molecular weight excluding hydrogens is 315 g/mol. The van der Waals surface area contributed by atoms with Crippen molar-refractivity contribution in [2.75, 3.05) is 0 Å². The smallest absolute Gasteiger partial charge is 0.124 e. The van der Waals surface area contributed by atoms with E-state index in [9.17, 15) is 4.39 Å². The molecule has 2 aromatic carbocycles. The van der Waals surface area contributed by atoms with Crippen LogP contribution in [0.4, 0.5) is 4.39 Å². The topological polar surface area (TPSA) is 49.9 Å². The number of hydrogen-bond donors (Lipinski definition) is 2. The minimum absolute atomic E-state index is 0.00130. The van der Waals surface area contributed by atoms with Crippen molar-refractivity contribution in [1.82, 2.24) is 0 Å². The third-order valence-corrected chi connectivity index (χ3v) is 3.80. The van der Waals surface area contributed by atoms with Crippen LogP contribution in [0.25, 0.3) is 0 Å². The molecule has 0 spiro atoms. The Morgan fingerprint density at radius 1 is 1.22 bits per heavy atom. The third-order valence-electron chi connectivity index (χ3n) is 2.26. The van der Waals surface area contributed by atoms with Gasteiger partial charge >= 0.3 is 0 Å². The van der Waals surface area contributed by atoms with Crippen LogP contribution in [0.3, 0.4) is 0 Å². The maximum atomic E-state index is 13.1. The molecule has 0 saturated heterocycles. The number of rotatable bonds is 3. The van der Waals surface area contributed by atoms with Crippen molar-refractivity contribution in [1.29, 1.82) is 5.41 Å². The predicted molar refractivity (Wildman–Crippen MR) is 75.7 cm³/mol. The summed E-state index contributed by atoms with van der Waals surface area (Å²) in [6.07, 6.45) is 0. The number of nitrogens with one attached hydrogen (secondary N) is 1. The molecule has 5 heteroatoms. The molecule has 0 heterocycles. The van der Waals surface area contributed by atoms with Crippen LogP contribution in [0, 0.1) is 11.2 Å². The number of benzene rings is 2. The minimum atomic E-state index is -0.278. The van der Waals surface area contributed by atoms with E-state index in [1.807, 2.05) is 18.2 Å². The summed E-state index contributed by atoms with van der Waals surface area (Å²) in [5.41, 5.74) is 6.17. The zero-order valence-corrected chi connectivity index (χ0v) is 11.7. The molecular formula is C13H10BrFN2S. The lowest BCUT2D eigenvalue weighted by atomic mass is 10.2. The van der Waals surface area contributed by atoms with Crippen molar-refractivity contribution in [2.24, 2.45) is 5.73 Å². The molecule has 18 heavy (non-hydrogen) atoms. The van der Waals surface area contributed by atoms with Gasteiger partial charge in [-0.1, -0.05) is 33.8 Å². The highest BCUT2D eigenvalue weighted by Gasteiger charge is 2.08. The van der Waals surface area contributed by atoms with Crippen molar-refractivity contribution in [3.05, 3.63) is 58.3 Å². The highest BCUT2D eigenvalue weighted by molar-refractivity contribution is 9.10. The first kappa shape index (κ1) is 13.1. The molecule has 0 unspecified atom stereocenters. The first-order valence-electron chi connectivity index (χ1n) is 5.13. The normalized spacial score (nSPS) is 10.3. The maximum Gasteiger partial charge on any atom is 0.124 e. The molecule has 2 nitrogen and oxygen atoms in total. The molecule has 92 valence electrons. The van der Waals surface area contributed by atoms with Crippen LogP contribution in [-0.4, -0.2) is 5.84 Å². The van der Waals surface area contributed by atoms with Gasteiger partial charge in [-0.3, -0.25) is 5.41 Å². The van der Waals surface area contributed by atoms with Crippen molar-refractivity contribution in [3.8, 4) is 0 Å². The Bertz CT molecular complexity index is 601. The molecule has 2 rings (SSSR count). The average molecular weight is 325 g/mol. The standard InChI is InChI=1S/C13H10BrFN2S/c14-8-4-5-11(13(16)17)12(6-8)18-10-3-1-2-9(15)7-10/h1-7H,(H3,16,17). The van der Waals surface area contributed by atoms with E-state index >= 15 is 0 Å². The van der Waals surface area contributed by atoms with E-state index in [1.165, 1.54) is 23.9 Å². The lowest BCUT2D eigenvalue weighted by Crippen LogP contribution is -2.12. The molecule has 0 fully saturated rings. The van der Waals surface area contributed by atoms with Crippen molar-refractivity contribution < 1.29 is 4.39 Å². The first-order valence-corrected chi connectivity index (χ1v) is 6.74. The fraction of sp³-hybridized carbons (Fsp3) is 0. The van der Waals surface area contributed by atoms with E-state index in [1.54, 1.807) is 12.1 Å². The van der Waals surface area contributed by atoms with E-state index in [4.69, 9.17) is 11.1 Å². The molecule has 0 radical (unpaired) electrons. The van der Waals surface area contributed by atoms with Crippen molar-refractivity contribution in [2.45, 2.75) is 9.79 Å². The minimum Gasteiger partial charge on any atom is -0.384 e. The second-order valence-corrected chi connectivity index (χ2v) is 5.64. The van der Waals surface area contributed by atoms with Crippen molar-refractivity contribution in [3.63, 3.8) is 0 Å². The summed E-state index contributed by atoms with van der Waals surface area (Å²) in [7, 11) is 0.